The summed E-state index contributed by atoms with van der Waals surface area (Å²) in [6.07, 6.45) is 6.48. The quantitative estimate of drug-likeness (QED) is 0.763. The lowest BCUT2D eigenvalue weighted by molar-refractivity contribution is 0.0441. The summed E-state index contributed by atoms with van der Waals surface area (Å²) in [4.78, 5) is 18.7. The number of nitrogens with zero attached hydrogens (tertiary/aromatic N) is 3. The van der Waals surface area contributed by atoms with Crippen LogP contribution >= 0.6 is 0 Å². The summed E-state index contributed by atoms with van der Waals surface area (Å²) in [5, 5.41) is 2.92. The van der Waals surface area contributed by atoms with E-state index in [4.69, 9.17) is 4.74 Å². The number of fused-ring (bicyclic) bond motifs is 1. The van der Waals surface area contributed by atoms with Crippen LogP contribution in [0.2, 0.25) is 0 Å². The van der Waals surface area contributed by atoms with Crippen LogP contribution in [0.25, 0.3) is 0 Å². The Morgan fingerprint density at radius 2 is 1.84 bits per heavy atom. The molecule has 2 saturated heterocycles. The molecule has 9 heteroatoms. The number of carbonyl (C=O) groups is 1. The van der Waals surface area contributed by atoms with Gasteiger partial charge >= 0.3 is 6.03 Å². The topological polar surface area (TPSA) is 91.8 Å². The van der Waals surface area contributed by atoms with Gasteiger partial charge in [-0.15, -0.1) is 0 Å². The van der Waals surface area contributed by atoms with Gasteiger partial charge < -0.3 is 15.0 Å². The fourth-order valence-electron chi connectivity index (χ4n) is 4.83. The monoisotopic (exact) mass is 456 g/mol. The molecule has 3 aliphatic rings. The first kappa shape index (κ1) is 21.4. The minimum atomic E-state index is -3.49. The number of hydrogen-bond donors (Lipinski definition) is 1. The molecule has 0 unspecified atom stereocenters. The highest BCUT2D eigenvalue weighted by atomic mass is 32.2. The Labute approximate surface area is 188 Å². The van der Waals surface area contributed by atoms with Crippen LogP contribution in [0.15, 0.2) is 47.6 Å². The first-order chi connectivity index (χ1) is 15.5. The number of nitrogens with one attached hydrogen (secondary N) is 1. The molecule has 0 bridgehead atoms. The van der Waals surface area contributed by atoms with Gasteiger partial charge in [0, 0.05) is 63.7 Å². The minimum absolute atomic E-state index is 0.0824. The maximum atomic E-state index is 13.0. The van der Waals surface area contributed by atoms with Crippen molar-refractivity contribution in [2.45, 2.75) is 43.8 Å². The second-order valence-corrected chi connectivity index (χ2v) is 11.0. The van der Waals surface area contributed by atoms with E-state index in [0.717, 1.165) is 42.6 Å². The molecule has 0 atom stereocenters. The van der Waals surface area contributed by atoms with Crippen LogP contribution in [0.1, 0.15) is 36.0 Å². The zero-order valence-electron chi connectivity index (χ0n) is 18.0. The molecule has 2 aromatic rings. The van der Waals surface area contributed by atoms with Gasteiger partial charge in [-0.05, 0) is 54.2 Å². The minimum Gasteiger partial charge on any atom is -0.381 e. The van der Waals surface area contributed by atoms with Crippen LogP contribution in [0.4, 0.5) is 4.79 Å². The van der Waals surface area contributed by atoms with Crippen LogP contribution in [0.5, 0.6) is 0 Å². The molecule has 2 amide bonds. The van der Waals surface area contributed by atoms with Gasteiger partial charge in [0.25, 0.3) is 0 Å². The summed E-state index contributed by atoms with van der Waals surface area (Å²) in [6, 6.07) is 8.60. The van der Waals surface area contributed by atoms with Gasteiger partial charge in [0.2, 0.25) is 10.0 Å². The molecule has 0 aliphatic carbocycles. The van der Waals surface area contributed by atoms with Gasteiger partial charge in [0.1, 0.15) is 0 Å². The van der Waals surface area contributed by atoms with Crippen molar-refractivity contribution in [3.8, 4) is 0 Å². The van der Waals surface area contributed by atoms with E-state index >= 15 is 0 Å². The van der Waals surface area contributed by atoms with Crippen molar-refractivity contribution in [1.82, 2.24) is 19.5 Å². The van der Waals surface area contributed by atoms with Crippen molar-refractivity contribution in [3.63, 3.8) is 0 Å². The summed E-state index contributed by atoms with van der Waals surface area (Å²) in [5.41, 5.74) is 3.13. The van der Waals surface area contributed by atoms with Crippen LogP contribution < -0.4 is 5.32 Å². The number of ether oxygens (including phenoxy) is 1. The third-order valence-electron chi connectivity index (χ3n) is 6.82. The van der Waals surface area contributed by atoms with Gasteiger partial charge in [-0.3, -0.25) is 4.98 Å². The average molecular weight is 457 g/mol. The Morgan fingerprint density at radius 1 is 1.06 bits per heavy atom. The smallest absolute Gasteiger partial charge is 0.318 e. The number of aromatic nitrogens is 1. The molecule has 0 radical (unpaired) electrons. The van der Waals surface area contributed by atoms with Crippen molar-refractivity contribution >= 4 is 16.1 Å². The lowest BCUT2D eigenvalue weighted by Gasteiger charge is -2.48. The Kier molecular flexibility index (Phi) is 5.65. The molecule has 5 rings (SSSR count). The number of sulfonamides is 1. The van der Waals surface area contributed by atoms with Crippen molar-refractivity contribution in [3.05, 3.63) is 59.4 Å². The number of carbonyl (C=O) groups excluding carboxylic acids is 1. The number of rotatable bonds is 4. The average Bonchev–Trinajstić information content (AvgIpc) is 3.05. The highest BCUT2D eigenvalue weighted by Crippen LogP contribution is 2.42. The van der Waals surface area contributed by atoms with Crippen molar-refractivity contribution in [1.29, 1.82) is 0 Å². The number of amides is 2. The predicted molar refractivity (Wildman–Crippen MR) is 118 cm³/mol. The number of urea groups is 1. The van der Waals surface area contributed by atoms with E-state index in [2.05, 4.69) is 10.3 Å². The first-order valence-electron chi connectivity index (χ1n) is 11.1. The zero-order chi connectivity index (χ0) is 22.2. The molecule has 1 spiro atoms. The van der Waals surface area contributed by atoms with E-state index in [1.54, 1.807) is 45.9 Å². The maximum absolute atomic E-state index is 13.0. The molecule has 1 aromatic heterocycles. The molecular formula is C23H28N4O4S. The second kappa shape index (κ2) is 8.46. The molecule has 4 heterocycles. The van der Waals surface area contributed by atoms with Crippen LogP contribution in [-0.4, -0.2) is 54.9 Å². The van der Waals surface area contributed by atoms with Gasteiger partial charge in [-0.1, -0.05) is 12.1 Å². The molecule has 0 saturated carbocycles. The normalized spacial score (nSPS) is 20.4. The van der Waals surface area contributed by atoms with E-state index in [-0.39, 0.29) is 11.4 Å². The number of hydrogen-bond acceptors (Lipinski definition) is 5. The van der Waals surface area contributed by atoms with E-state index < -0.39 is 10.0 Å². The van der Waals surface area contributed by atoms with Gasteiger partial charge in [-0.2, -0.15) is 4.31 Å². The molecule has 1 aromatic carbocycles. The van der Waals surface area contributed by atoms with Crippen molar-refractivity contribution in [2.75, 3.05) is 26.3 Å². The fraction of sp³-hybridized carbons (Fsp3) is 0.478. The third kappa shape index (κ3) is 4.12. The maximum Gasteiger partial charge on any atom is 0.318 e. The van der Waals surface area contributed by atoms with Gasteiger partial charge in [-0.25, -0.2) is 13.2 Å². The largest absolute Gasteiger partial charge is 0.381 e. The summed E-state index contributed by atoms with van der Waals surface area (Å²) < 4.78 is 33.1. The summed E-state index contributed by atoms with van der Waals surface area (Å²) in [5.74, 6) is 0. The van der Waals surface area contributed by atoms with Crippen molar-refractivity contribution in [2.24, 2.45) is 5.41 Å². The standard InChI is InChI=1S/C23H28N4O4S/c28-22(26-14-19-6-9-24-13-20(19)15-26)25-12-18-2-4-21(5-3-18)32(29,30)27-16-23(17-27)7-1-10-31-11-8-23/h2-6,9,13H,1,7-8,10-12,14-17H2,(H,25,28). The predicted octanol–water partition coefficient (Wildman–Crippen LogP) is 2.50. The molecule has 1 N–H and O–H groups in total. The van der Waals surface area contributed by atoms with E-state index in [9.17, 15) is 13.2 Å². The third-order valence-corrected chi connectivity index (χ3v) is 8.62. The first-order valence-corrected chi connectivity index (χ1v) is 12.5. The lowest BCUT2D eigenvalue weighted by Crippen LogP contribution is -2.58. The Hall–Kier alpha value is -2.49. The molecule has 8 nitrogen and oxygen atoms in total. The van der Waals surface area contributed by atoms with Gasteiger partial charge in [0.05, 0.1) is 4.90 Å². The van der Waals surface area contributed by atoms with Crippen LogP contribution in [0.3, 0.4) is 0 Å². The fourth-order valence-corrected chi connectivity index (χ4v) is 6.50. The summed E-state index contributed by atoms with van der Waals surface area (Å²) in [7, 11) is -3.49. The van der Waals surface area contributed by atoms with E-state index in [1.165, 1.54) is 0 Å². The molecule has 2 fully saturated rings. The Balaban J connectivity index is 1.15. The van der Waals surface area contributed by atoms with Crippen molar-refractivity contribution < 1.29 is 17.9 Å². The molecule has 170 valence electrons. The van der Waals surface area contributed by atoms with Crippen LogP contribution in [0, 0.1) is 5.41 Å². The molecular weight excluding hydrogens is 428 g/mol. The number of pyridine rings is 1. The molecule has 32 heavy (non-hydrogen) atoms. The van der Waals surface area contributed by atoms with E-state index in [1.807, 2.05) is 6.07 Å². The highest BCUT2D eigenvalue weighted by molar-refractivity contribution is 7.89. The van der Waals surface area contributed by atoms with Gasteiger partial charge in [0.15, 0.2) is 0 Å². The Morgan fingerprint density at radius 3 is 2.62 bits per heavy atom. The highest BCUT2D eigenvalue weighted by Gasteiger charge is 2.48. The lowest BCUT2D eigenvalue weighted by atomic mass is 9.75. The summed E-state index contributed by atoms with van der Waals surface area (Å²) >= 11 is 0. The van der Waals surface area contributed by atoms with Crippen LogP contribution in [-0.2, 0) is 34.4 Å². The number of benzene rings is 1. The SMILES string of the molecule is O=C(NCc1ccc(S(=O)(=O)N2CC3(CCCOCC3)C2)cc1)N1Cc2ccncc2C1. The van der Waals surface area contributed by atoms with E-state index in [0.29, 0.717) is 44.2 Å². The Bertz CT molecular complexity index is 1060. The second-order valence-electron chi connectivity index (χ2n) is 9.04. The summed E-state index contributed by atoms with van der Waals surface area (Å²) in [6.45, 7) is 4.11. The molecule has 3 aliphatic heterocycles. The zero-order valence-corrected chi connectivity index (χ0v) is 18.8.